The van der Waals surface area contributed by atoms with Gasteiger partial charge in [0, 0.05) is 19.8 Å². The minimum Gasteiger partial charge on any atom is -0.506 e. The number of halogens is 3. The van der Waals surface area contributed by atoms with Crippen LogP contribution in [0.4, 0.5) is 5.69 Å². The second-order valence-corrected chi connectivity index (χ2v) is 9.40. The summed E-state index contributed by atoms with van der Waals surface area (Å²) in [6.07, 6.45) is 1.71. The lowest BCUT2D eigenvalue weighted by molar-refractivity contribution is -0.116. The molecule has 1 amide bonds. The summed E-state index contributed by atoms with van der Waals surface area (Å²) in [4.78, 5) is 12.8. The highest BCUT2D eigenvalue weighted by molar-refractivity contribution is 14.1. The van der Waals surface area contributed by atoms with Gasteiger partial charge in [-0.05, 0) is 88.0 Å². The Bertz CT molecular complexity index is 889. The molecule has 1 atom stereocenters. The molecule has 3 rings (SSSR count). The van der Waals surface area contributed by atoms with E-state index in [0.717, 1.165) is 18.4 Å². The number of hydrogen-bond acceptors (Lipinski definition) is 4. The van der Waals surface area contributed by atoms with Gasteiger partial charge < -0.3 is 15.7 Å². The maximum Gasteiger partial charge on any atom is 0.260 e. The first kappa shape index (κ1) is 19.1. The molecule has 1 fully saturated rings. The average molecular weight is 599 g/mol. The van der Waals surface area contributed by atoms with Gasteiger partial charge in [-0.25, -0.2) is 0 Å². The average Bonchev–Trinajstić information content (AvgIpc) is 2.87. The summed E-state index contributed by atoms with van der Waals surface area (Å²) < 4.78 is 1.75. The third kappa shape index (κ3) is 4.55. The van der Waals surface area contributed by atoms with Crippen LogP contribution in [0.3, 0.4) is 0 Å². The van der Waals surface area contributed by atoms with Gasteiger partial charge in [-0.2, -0.15) is 0 Å². The van der Waals surface area contributed by atoms with E-state index < -0.39 is 0 Å². The minimum atomic E-state index is -0.292. The maximum absolute atomic E-state index is 12.3. The number of anilines is 1. The van der Waals surface area contributed by atoms with Crippen LogP contribution in [0.15, 0.2) is 35.2 Å². The molecule has 0 aromatic heterocycles. The van der Waals surface area contributed by atoms with Crippen molar-refractivity contribution in [2.75, 3.05) is 5.32 Å². The molecule has 1 aliphatic heterocycles. The molecule has 0 radical (unpaired) electrons. The van der Waals surface area contributed by atoms with Crippen molar-refractivity contribution in [3.05, 3.63) is 58.5 Å². The van der Waals surface area contributed by atoms with Gasteiger partial charge in [-0.15, -0.1) is 0 Å². The molecule has 25 heavy (non-hydrogen) atoms. The van der Waals surface area contributed by atoms with Crippen molar-refractivity contribution < 1.29 is 9.90 Å². The molecule has 0 aliphatic carbocycles. The SMILES string of the molecule is Cc1ccc(Cl)cc1NC1NC(=O)/C(=C/c2cc(I)cc(I)c2O)S1. The van der Waals surface area contributed by atoms with Crippen LogP contribution in [0.2, 0.25) is 5.02 Å². The van der Waals surface area contributed by atoms with Gasteiger partial charge in [0.25, 0.3) is 5.91 Å². The topological polar surface area (TPSA) is 61.4 Å². The van der Waals surface area contributed by atoms with Crippen molar-refractivity contribution >= 4 is 86.2 Å². The molecule has 1 heterocycles. The highest BCUT2D eigenvalue weighted by Gasteiger charge is 2.28. The largest absolute Gasteiger partial charge is 0.506 e. The Balaban J connectivity index is 1.82. The fourth-order valence-electron chi connectivity index (χ4n) is 2.29. The maximum atomic E-state index is 12.3. The number of amides is 1. The fraction of sp³-hybridized carbons (Fsp3) is 0.118. The van der Waals surface area contributed by atoms with Crippen LogP contribution in [0.25, 0.3) is 6.08 Å². The Morgan fingerprint density at radius 3 is 2.84 bits per heavy atom. The second kappa shape index (κ2) is 7.93. The molecule has 0 bridgehead atoms. The number of nitrogens with one attached hydrogen (secondary N) is 2. The number of carbonyl (C=O) groups excluding carboxylic acids is 1. The number of thioether (sulfide) groups is 1. The van der Waals surface area contributed by atoms with Gasteiger partial charge in [0.05, 0.1) is 8.48 Å². The Morgan fingerprint density at radius 1 is 1.32 bits per heavy atom. The van der Waals surface area contributed by atoms with E-state index in [4.69, 9.17) is 11.6 Å². The van der Waals surface area contributed by atoms with E-state index in [0.29, 0.717) is 15.5 Å². The predicted octanol–water partition coefficient (Wildman–Crippen LogP) is 5.16. The van der Waals surface area contributed by atoms with E-state index in [9.17, 15) is 9.90 Å². The smallest absolute Gasteiger partial charge is 0.260 e. The molecule has 0 saturated carbocycles. The monoisotopic (exact) mass is 598 g/mol. The van der Waals surface area contributed by atoms with Gasteiger partial charge in [0.15, 0.2) is 5.50 Å². The van der Waals surface area contributed by atoms with Gasteiger partial charge >= 0.3 is 0 Å². The lowest BCUT2D eigenvalue weighted by Crippen LogP contribution is -2.31. The first-order valence-corrected chi connectivity index (χ1v) is 10.6. The van der Waals surface area contributed by atoms with E-state index in [-0.39, 0.29) is 17.2 Å². The zero-order valence-corrected chi connectivity index (χ0v) is 18.8. The van der Waals surface area contributed by atoms with Crippen LogP contribution < -0.4 is 10.6 Å². The zero-order chi connectivity index (χ0) is 18.1. The summed E-state index contributed by atoms with van der Waals surface area (Å²) in [5.74, 6) is 0.0134. The van der Waals surface area contributed by atoms with Crippen LogP contribution in [0, 0.1) is 14.1 Å². The molecular formula is C17H13ClI2N2O2S. The number of carbonyl (C=O) groups is 1. The first-order valence-electron chi connectivity index (χ1n) is 7.23. The first-order chi connectivity index (χ1) is 11.8. The normalized spacial score (nSPS) is 18.5. The van der Waals surface area contributed by atoms with Crippen molar-refractivity contribution in [2.24, 2.45) is 0 Å². The van der Waals surface area contributed by atoms with Gasteiger partial charge in [-0.3, -0.25) is 4.79 Å². The second-order valence-electron chi connectivity index (χ2n) is 5.41. The molecule has 8 heteroatoms. The number of aromatic hydroxyl groups is 1. The number of rotatable bonds is 3. The Labute approximate surface area is 182 Å². The molecule has 2 aromatic rings. The summed E-state index contributed by atoms with van der Waals surface area (Å²) in [6, 6.07) is 9.32. The van der Waals surface area contributed by atoms with E-state index in [1.165, 1.54) is 11.8 Å². The van der Waals surface area contributed by atoms with Crippen LogP contribution in [0.1, 0.15) is 11.1 Å². The molecule has 1 unspecified atom stereocenters. The van der Waals surface area contributed by atoms with E-state index in [1.54, 1.807) is 6.08 Å². The summed E-state index contributed by atoms with van der Waals surface area (Å²) >= 11 is 11.7. The Morgan fingerprint density at radius 2 is 2.08 bits per heavy atom. The highest BCUT2D eigenvalue weighted by atomic mass is 127. The number of phenols is 1. The van der Waals surface area contributed by atoms with Crippen LogP contribution in [-0.4, -0.2) is 16.5 Å². The van der Waals surface area contributed by atoms with Crippen molar-refractivity contribution in [1.82, 2.24) is 5.32 Å². The van der Waals surface area contributed by atoms with E-state index in [1.807, 2.05) is 37.3 Å². The molecule has 3 N–H and O–H groups in total. The minimum absolute atomic E-state index is 0.171. The van der Waals surface area contributed by atoms with Crippen LogP contribution in [-0.2, 0) is 4.79 Å². The van der Waals surface area contributed by atoms with Crippen molar-refractivity contribution in [3.63, 3.8) is 0 Å². The number of aryl methyl sites for hydroxylation is 1. The summed E-state index contributed by atoms with van der Waals surface area (Å²) in [5, 5.41) is 17.0. The fourth-order valence-corrected chi connectivity index (χ4v) is 5.32. The molecule has 2 aromatic carbocycles. The Hall–Kier alpha value is -0.650. The van der Waals surface area contributed by atoms with Gasteiger partial charge in [0.2, 0.25) is 0 Å². The lowest BCUT2D eigenvalue weighted by atomic mass is 10.2. The number of hydrogen-bond donors (Lipinski definition) is 3. The molecular weight excluding hydrogens is 586 g/mol. The van der Waals surface area contributed by atoms with E-state index in [2.05, 4.69) is 55.8 Å². The summed E-state index contributed by atoms with van der Waals surface area (Å²) in [6.45, 7) is 1.97. The van der Waals surface area contributed by atoms with Gasteiger partial charge in [0.1, 0.15) is 5.75 Å². The molecule has 0 spiro atoms. The molecule has 4 nitrogen and oxygen atoms in total. The van der Waals surface area contributed by atoms with E-state index >= 15 is 0 Å². The predicted molar refractivity (Wildman–Crippen MR) is 121 cm³/mol. The number of benzene rings is 2. The van der Waals surface area contributed by atoms with Crippen molar-refractivity contribution in [3.8, 4) is 5.75 Å². The lowest BCUT2D eigenvalue weighted by Gasteiger charge is -2.15. The van der Waals surface area contributed by atoms with Gasteiger partial charge in [-0.1, -0.05) is 29.4 Å². The molecule has 1 saturated heterocycles. The van der Waals surface area contributed by atoms with Crippen molar-refractivity contribution in [2.45, 2.75) is 12.4 Å². The van der Waals surface area contributed by atoms with Crippen LogP contribution >= 0.6 is 68.5 Å². The quantitative estimate of drug-likeness (QED) is 0.338. The van der Waals surface area contributed by atoms with Crippen LogP contribution in [0.5, 0.6) is 5.75 Å². The third-order valence-electron chi connectivity index (χ3n) is 3.56. The number of phenolic OH excluding ortho intramolecular Hbond substituents is 1. The molecule has 130 valence electrons. The molecule has 1 aliphatic rings. The standard InChI is InChI=1S/C17H13ClI2N2O2S/c1-8-2-3-10(18)6-13(8)21-17-22-16(24)14(25-17)5-9-4-11(19)7-12(20)15(9)23/h2-7,17,21,23H,1H3,(H,22,24)/b14-5-. The Kier molecular flexibility index (Phi) is 6.07. The summed E-state index contributed by atoms with van der Waals surface area (Å²) in [5.41, 5.74) is 2.26. The summed E-state index contributed by atoms with van der Waals surface area (Å²) in [7, 11) is 0. The highest BCUT2D eigenvalue weighted by Crippen LogP contribution is 2.35. The van der Waals surface area contributed by atoms with Crippen molar-refractivity contribution in [1.29, 1.82) is 0 Å². The zero-order valence-electron chi connectivity index (χ0n) is 12.9. The third-order valence-corrected chi connectivity index (χ3v) is 6.27.